The number of hydrogen-bond acceptors (Lipinski definition) is 5. The van der Waals surface area contributed by atoms with Crippen molar-refractivity contribution >= 4 is 17.7 Å². The monoisotopic (exact) mass is 373 g/mol. The van der Waals surface area contributed by atoms with E-state index in [9.17, 15) is 4.79 Å². The van der Waals surface area contributed by atoms with E-state index in [4.69, 9.17) is 0 Å². The lowest BCUT2D eigenvalue weighted by atomic mass is 9.90. The van der Waals surface area contributed by atoms with Crippen LogP contribution in [0.2, 0.25) is 0 Å². The first-order valence-electron chi connectivity index (χ1n) is 9.29. The van der Waals surface area contributed by atoms with Gasteiger partial charge in [-0.2, -0.15) is 0 Å². The summed E-state index contributed by atoms with van der Waals surface area (Å²) in [5.74, 6) is 2.91. The number of nitrogens with zero attached hydrogens (tertiary/aromatic N) is 5. The zero-order valence-electron chi connectivity index (χ0n) is 15.5. The zero-order chi connectivity index (χ0) is 18.4. The predicted molar refractivity (Wildman–Crippen MR) is 104 cm³/mol. The summed E-state index contributed by atoms with van der Waals surface area (Å²) in [5.41, 5.74) is 1.40. The molecule has 7 heteroatoms. The van der Waals surface area contributed by atoms with Crippen molar-refractivity contribution in [2.75, 3.05) is 18.8 Å². The number of likely N-dealkylation sites (tertiary alicyclic amines) is 1. The Hall–Kier alpha value is -1.89. The van der Waals surface area contributed by atoms with E-state index in [0.717, 1.165) is 38.2 Å². The summed E-state index contributed by atoms with van der Waals surface area (Å²) in [5, 5.41) is 11.8. The van der Waals surface area contributed by atoms with Gasteiger partial charge in [0.25, 0.3) is 0 Å². The first-order valence-corrected chi connectivity index (χ1v) is 10.4. The number of tetrazole rings is 1. The lowest BCUT2D eigenvalue weighted by Gasteiger charge is -2.32. The van der Waals surface area contributed by atoms with Crippen LogP contribution < -0.4 is 0 Å². The summed E-state index contributed by atoms with van der Waals surface area (Å²) >= 11 is 1.59. The Labute approximate surface area is 159 Å². The number of aromatic nitrogens is 4. The van der Waals surface area contributed by atoms with E-state index < -0.39 is 0 Å². The van der Waals surface area contributed by atoms with Gasteiger partial charge in [0, 0.05) is 13.1 Å². The van der Waals surface area contributed by atoms with Crippen LogP contribution in [0.5, 0.6) is 0 Å². The Morgan fingerprint density at radius 2 is 1.96 bits per heavy atom. The molecule has 0 spiro atoms. The molecule has 1 saturated heterocycles. The summed E-state index contributed by atoms with van der Waals surface area (Å²) in [6, 6.07) is 10.9. The SMILES string of the molecule is CC(C)n1nnnc1CSCC(=O)N1CCC(Cc2ccccc2)CC1. The molecule has 0 saturated carbocycles. The molecule has 140 valence electrons. The molecule has 0 atom stereocenters. The van der Waals surface area contributed by atoms with E-state index in [1.165, 1.54) is 5.56 Å². The van der Waals surface area contributed by atoms with Crippen LogP contribution in [-0.4, -0.2) is 49.9 Å². The summed E-state index contributed by atoms with van der Waals surface area (Å²) in [7, 11) is 0. The molecule has 0 bridgehead atoms. The fraction of sp³-hybridized carbons (Fsp3) is 0.579. The number of carbonyl (C=O) groups is 1. The fourth-order valence-corrected chi connectivity index (χ4v) is 4.20. The van der Waals surface area contributed by atoms with Crippen molar-refractivity contribution in [3.05, 3.63) is 41.7 Å². The first-order chi connectivity index (χ1) is 12.6. The molecule has 1 aliphatic heterocycles. The molecule has 3 rings (SSSR count). The van der Waals surface area contributed by atoms with Gasteiger partial charge in [-0.25, -0.2) is 4.68 Å². The van der Waals surface area contributed by atoms with Gasteiger partial charge in [-0.3, -0.25) is 4.79 Å². The number of piperidine rings is 1. The van der Waals surface area contributed by atoms with Crippen LogP contribution >= 0.6 is 11.8 Å². The third kappa shape index (κ3) is 5.06. The van der Waals surface area contributed by atoms with E-state index in [2.05, 4.69) is 59.7 Å². The lowest BCUT2D eigenvalue weighted by molar-refractivity contribution is -0.129. The van der Waals surface area contributed by atoms with Gasteiger partial charge in [0.05, 0.1) is 17.5 Å². The minimum absolute atomic E-state index is 0.233. The maximum absolute atomic E-state index is 12.5. The molecule has 0 unspecified atom stereocenters. The van der Waals surface area contributed by atoms with Crippen LogP contribution in [0.4, 0.5) is 0 Å². The van der Waals surface area contributed by atoms with Gasteiger partial charge in [-0.1, -0.05) is 30.3 Å². The molecule has 0 N–H and O–H groups in total. The molecule has 2 aromatic rings. The van der Waals surface area contributed by atoms with Crippen molar-refractivity contribution in [3.8, 4) is 0 Å². The van der Waals surface area contributed by atoms with Gasteiger partial charge in [0.2, 0.25) is 5.91 Å². The number of amides is 1. The van der Waals surface area contributed by atoms with Gasteiger partial charge in [-0.15, -0.1) is 16.9 Å². The van der Waals surface area contributed by atoms with Crippen LogP contribution in [-0.2, 0) is 17.0 Å². The first kappa shape index (κ1) is 18.9. The van der Waals surface area contributed by atoms with Crippen LogP contribution in [0.1, 0.15) is 44.1 Å². The van der Waals surface area contributed by atoms with E-state index in [0.29, 0.717) is 17.4 Å². The van der Waals surface area contributed by atoms with E-state index in [1.807, 2.05) is 9.58 Å². The molecule has 2 heterocycles. The zero-order valence-corrected chi connectivity index (χ0v) is 16.4. The second-order valence-electron chi connectivity index (χ2n) is 7.14. The van der Waals surface area contributed by atoms with Gasteiger partial charge in [0.1, 0.15) is 0 Å². The highest BCUT2D eigenvalue weighted by Crippen LogP contribution is 2.22. The molecule has 6 nitrogen and oxygen atoms in total. The van der Waals surface area contributed by atoms with Gasteiger partial charge in [-0.05, 0) is 55.0 Å². The lowest BCUT2D eigenvalue weighted by Crippen LogP contribution is -2.39. The average Bonchev–Trinajstić information content (AvgIpc) is 3.12. The minimum Gasteiger partial charge on any atom is -0.342 e. The summed E-state index contributed by atoms with van der Waals surface area (Å²) in [6.45, 7) is 5.85. The van der Waals surface area contributed by atoms with Crippen molar-refractivity contribution in [2.24, 2.45) is 5.92 Å². The fourth-order valence-electron chi connectivity index (χ4n) is 3.36. The van der Waals surface area contributed by atoms with E-state index in [1.54, 1.807) is 11.8 Å². The molecule has 1 aromatic carbocycles. The molecule has 1 amide bonds. The van der Waals surface area contributed by atoms with E-state index in [-0.39, 0.29) is 11.9 Å². The number of thioether (sulfide) groups is 1. The topological polar surface area (TPSA) is 63.9 Å². The molecule has 26 heavy (non-hydrogen) atoms. The molecular formula is C19H27N5OS. The summed E-state index contributed by atoms with van der Waals surface area (Å²) in [4.78, 5) is 14.5. The van der Waals surface area contributed by atoms with Crippen molar-refractivity contribution in [3.63, 3.8) is 0 Å². The standard InChI is InChI=1S/C19H27N5OS/c1-15(2)24-18(20-21-22-24)13-26-14-19(25)23-10-8-17(9-11-23)12-16-6-4-3-5-7-16/h3-7,15,17H,8-14H2,1-2H3. The Morgan fingerprint density at radius 3 is 2.65 bits per heavy atom. The van der Waals surface area contributed by atoms with Crippen LogP contribution in [0, 0.1) is 5.92 Å². The molecule has 1 aliphatic rings. The third-order valence-corrected chi connectivity index (χ3v) is 5.75. The Balaban J connectivity index is 1.39. The highest BCUT2D eigenvalue weighted by Gasteiger charge is 2.23. The van der Waals surface area contributed by atoms with Crippen molar-refractivity contribution in [1.29, 1.82) is 0 Å². The van der Waals surface area contributed by atoms with Gasteiger partial charge >= 0.3 is 0 Å². The minimum atomic E-state index is 0.233. The van der Waals surface area contributed by atoms with Crippen molar-refractivity contribution < 1.29 is 4.79 Å². The Kier molecular flexibility index (Phi) is 6.66. The van der Waals surface area contributed by atoms with Crippen molar-refractivity contribution in [1.82, 2.24) is 25.1 Å². The highest BCUT2D eigenvalue weighted by molar-refractivity contribution is 7.99. The second-order valence-corrected chi connectivity index (χ2v) is 8.13. The third-order valence-electron chi connectivity index (χ3n) is 4.84. The number of benzene rings is 1. The maximum Gasteiger partial charge on any atom is 0.232 e. The predicted octanol–water partition coefficient (Wildman–Crippen LogP) is 2.97. The number of carbonyl (C=O) groups excluding carboxylic acids is 1. The van der Waals surface area contributed by atoms with Crippen LogP contribution in [0.25, 0.3) is 0 Å². The van der Waals surface area contributed by atoms with E-state index >= 15 is 0 Å². The summed E-state index contributed by atoms with van der Waals surface area (Å²) in [6.07, 6.45) is 3.31. The quantitative estimate of drug-likeness (QED) is 0.747. The maximum atomic E-state index is 12.5. The normalized spacial score (nSPS) is 15.6. The van der Waals surface area contributed by atoms with Crippen LogP contribution in [0.15, 0.2) is 30.3 Å². The largest absolute Gasteiger partial charge is 0.342 e. The Morgan fingerprint density at radius 1 is 1.23 bits per heavy atom. The second kappa shape index (κ2) is 9.16. The molecule has 0 radical (unpaired) electrons. The number of hydrogen-bond donors (Lipinski definition) is 0. The highest BCUT2D eigenvalue weighted by atomic mass is 32.2. The van der Waals surface area contributed by atoms with Gasteiger partial charge in [0.15, 0.2) is 5.82 Å². The summed E-state index contributed by atoms with van der Waals surface area (Å²) < 4.78 is 1.81. The van der Waals surface area contributed by atoms with Gasteiger partial charge < -0.3 is 4.90 Å². The Bertz CT molecular complexity index is 695. The average molecular weight is 374 g/mol. The number of rotatable bonds is 7. The molecule has 1 fully saturated rings. The molecular weight excluding hydrogens is 346 g/mol. The smallest absolute Gasteiger partial charge is 0.232 e. The van der Waals surface area contributed by atoms with Crippen molar-refractivity contribution in [2.45, 2.75) is 44.9 Å². The molecule has 0 aliphatic carbocycles. The van der Waals surface area contributed by atoms with Crippen LogP contribution in [0.3, 0.4) is 0 Å². The molecule has 1 aromatic heterocycles.